The van der Waals surface area contributed by atoms with Gasteiger partial charge in [0.2, 0.25) is 10.0 Å². The van der Waals surface area contributed by atoms with Crippen molar-refractivity contribution in [3.05, 3.63) is 54.1 Å². The fraction of sp³-hybridized carbons (Fsp3) is 0.235. The summed E-state index contributed by atoms with van der Waals surface area (Å²) < 4.78 is 67.4. The summed E-state index contributed by atoms with van der Waals surface area (Å²) >= 11 is 0. The van der Waals surface area contributed by atoms with E-state index in [9.17, 15) is 21.6 Å². The number of hydrogen-bond acceptors (Lipinski definition) is 4. The lowest BCUT2D eigenvalue weighted by Gasteiger charge is -2.14. The van der Waals surface area contributed by atoms with Gasteiger partial charge in [-0.15, -0.1) is 13.2 Å². The average molecular weight is 416 g/mol. The third kappa shape index (κ3) is 6.43. The van der Waals surface area contributed by atoms with Crippen molar-refractivity contribution in [1.82, 2.24) is 4.72 Å². The molecule has 0 aromatic heterocycles. The minimum absolute atomic E-state index is 0.00755. The number of alkyl halides is 3. The van der Waals surface area contributed by atoms with E-state index in [2.05, 4.69) is 19.8 Å². The smallest absolute Gasteiger partial charge is 0.404 e. The first-order valence-corrected chi connectivity index (χ1v) is 9.59. The number of nitrogens with two attached hydrogens (primary N) is 1. The molecule has 0 saturated heterocycles. The highest BCUT2D eigenvalue weighted by molar-refractivity contribution is 7.89. The largest absolute Gasteiger partial charge is 0.573 e. The van der Waals surface area contributed by atoms with E-state index in [-0.39, 0.29) is 29.6 Å². The molecule has 0 amide bonds. The predicted molar refractivity (Wildman–Crippen MR) is 99.4 cm³/mol. The quantitative estimate of drug-likeness (QED) is 0.475. The van der Waals surface area contributed by atoms with Gasteiger partial charge in [-0.2, -0.15) is 0 Å². The zero-order valence-electron chi connectivity index (χ0n) is 14.8. The van der Waals surface area contributed by atoms with Crippen LogP contribution in [0.4, 0.5) is 18.9 Å². The summed E-state index contributed by atoms with van der Waals surface area (Å²) in [5, 5.41) is 2.55. The van der Waals surface area contributed by atoms with Gasteiger partial charge in [0.05, 0.1) is 17.1 Å². The van der Waals surface area contributed by atoms with Crippen LogP contribution in [-0.4, -0.2) is 27.3 Å². The minimum atomic E-state index is -4.83. The summed E-state index contributed by atoms with van der Waals surface area (Å²) in [6.45, 7) is 2.05. The maximum Gasteiger partial charge on any atom is 0.573 e. The first-order valence-electron chi connectivity index (χ1n) is 8.11. The number of sulfonamides is 1. The molecule has 2 aromatic rings. The third-order valence-corrected chi connectivity index (χ3v) is 4.94. The van der Waals surface area contributed by atoms with Gasteiger partial charge in [0.15, 0.2) is 11.7 Å². The topological polar surface area (TPSA) is 106 Å². The number of hydrogen-bond donors (Lipinski definition) is 3. The molecule has 11 heteroatoms. The van der Waals surface area contributed by atoms with Crippen LogP contribution in [0.2, 0.25) is 0 Å². The van der Waals surface area contributed by atoms with Crippen LogP contribution in [0.5, 0.6) is 5.75 Å². The molecule has 0 unspecified atom stereocenters. The Morgan fingerprint density at radius 1 is 1.14 bits per heavy atom. The van der Waals surface area contributed by atoms with E-state index in [1.54, 1.807) is 19.1 Å². The van der Waals surface area contributed by atoms with E-state index < -0.39 is 22.1 Å². The summed E-state index contributed by atoms with van der Waals surface area (Å²) in [4.78, 5) is 4.15. The summed E-state index contributed by atoms with van der Waals surface area (Å²) in [5.41, 5.74) is 6.40. The molecule has 152 valence electrons. The zero-order valence-corrected chi connectivity index (χ0v) is 15.6. The van der Waals surface area contributed by atoms with Crippen molar-refractivity contribution in [3.63, 3.8) is 0 Å². The second-order valence-corrected chi connectivity index (χ2v) is 7.28. The van der Waals surface area contributed by atoms with E-state index in [0.29, 0.717) is 5.56 Å². The molecule has 2 rings (SSSR count). The van der Waals surface area contributed by atoms with E-state index in [0.717, 1.165) is 6.07 Å². The molecule has 0 radical (unpaired) electrons. The molecular formula is C17H19F3N4O3S. The number of ether oxygens (including phenoxy) is 1. The Labute approximate surface area is 160 Å². The van der Waals surface area contributed by atoms with Gasteiger partial charge in [-0.1, -0.05) is 31.2 Å². The molecule has 4 N–H and O–H groups in total. The van der Waals surface area contributed by atoms with Crippen LogP contribution in [0.1, 0.15) is 12.5 Å². The number of aliphatic imine (C=N–C) groups is 1. The second kappa shape index (κ2) is 8.93. The lowest BCUT2D eigenvalue weighted by atomic mass is 10.2. The first kappa shape index (κ1) is 21.5. The van der Waals surface area contributed by atoms with Crippen LogP contribution in [0.3, 0.4) is 0 Å². The molecule has 0 atom stereocenters. The molecule has 0 saturated carbocycles. The summed E-state index contributed by atoms with van der Waals surface area (Å²) in [6.07, 6.45) is -4.83. The Kier molecular flexibility index (Phi) is 6.86. The summed E-state index contributed by atoms with van der Waals surface area (Å²) in [5.74, 6) is -0.561. The molecule has 0 bridgehead atoms. The number of benzene rings is 2. The fourth-order valence-electron chi connectivity index (χ4n) is 2.18. The van der Waals surface area contributed by atoms with Crippen LogP contribution in [0.25, 0.3) is 0 Å². The monoisotopic (exact) mass is 416 g/mol. The lowest BCUT2D eigenvalue weighted by molar-refractivity contribution is -0.274. The van der Waals surface area contributed by atoms with Gasteiger partial charge >= 0.3 is 6.36 Å². The number of anilines is 1. The molecule has 0 aliphatic carbocycles. The Morgan fingerprint density at radius 3 is 2.39 bits per heavy atom. The molecule has 0 aliphatic rings. The van der Waals surface area contributed by atoms with Crippen molar-refractivity contribution >= 4 is 21.7 Å². The molecular weight excluding hydrogens is 397 g/mol. The number of nitrogens with one attached hydrogen (secondary N) is 2. The molecule has 28 heavy (non-hydrogen) atoms. The Bertz CT molecular complexity index is 929. The zero-order chi connectivity index (χ0) is 20.8. The van der Waals surface area contributed by atoms with Crippen LogP contribution < -0.4 is 20.5 Å². The van der Waals surface area contributed by atoms with Crippen molar-refractivity contribution in [2.75, 3.05) is 11.9 Å². The van der Waals surface area contributed by atoms with Crippen molar-refractivity contribution in [1.29, 1.82) is 0 Å². The normalized spacial score (nSPS) is 12.6. The minimum Gasteiger partial charge on any atom is -0.404 e. The summed E-state index contributed by atoms with van der Waals surface area (Å²) in [7, 11) is -3.55. The van der Waals surface area contributed by atoms with Gasteiger partial charge in [0, 0.05) is 6.54 Å². The Balaban J connectivity index is 2.06. The highest BCUT2D eigenvalue weighted by Crippen LogP contribution is 2.29. The van der Waals surface area contributed by atoms with Gasteiger partial charge in [-0.25, -0.2) is 18.1 Å². The second-order valence-electron chi connectivity index (χ2n) is 5.52. The highest BCUT2D eigenvalue weighted by atomic mass is 32.2. The lowest BCUT2D eigenvalue weighted by Crippen LogP contribution is -2.24. The van der Waals surface area contributed by atoms with E-state index >= 15 is 0 Å². The van der Waals surface area contributed by atoms with E-state index in [1.165, 1.54) is 30.3 Å². The molecule has 2 aromatic carbocycles. The fourth-order valence-corrected chi connectivity index (χ4v) is 3.23. The predicted octanol–water partition coefficient (Wildman–Crippen LogP) is 2.81. The van der Waals surface area contributed by atoms with Crippen LogP contribution >= 0.6 is 0 Å². The molecule has 0 heterocycles. The van der Waals surface area contributed by atoms with Crippen LogP contribution in [0.15, 0.2) is 58.4 Å². The SMILES string of the molecule is CCNS(=O)(=O)c1ccc(CN=C(N)Nc2ccccc2OC(F)(F)F)cc1. The molecule has 7 nitrogen and oxygen atoms in total. The molecule has 0 spiro atoms. The van der Waals surface area contributed by atoms with Gasteiger partial charge in [-0.05, 0) is 29.8 Å². The van der Waals surface area contributed by atoms with Crippen LogP contribution in [0, 0.1) is 0 Å². The highest BCUT2D eigenvalue weighted by Gasteiger charge is 2.32. The van der Waals surface area contributed by atoms with Crippen molar-refractivity contribution in [3.8, 4) is 5.75 Å². The maximum absolute atomic E-state index is 12.4. The van der Waals surface area contributed by atoms with Crippen molar-refractivity contribution in [2.45, 2.75) is 24.7 Å². The standard InChI is InChI=1S/C17H19F3N4O3S/c1-2-23-28(25,26)13-9-7-12(8-10-13)11-22-16(21)24-14-5-3-4-6-15(14)27-17(18,19)20/h3-10,23H,2,11H2,1H3,(H3,21,22,24). The third-order valence-electron chi connectivity index (χ3n) is 3.38. The Hall–Kier alpha value is -2.79. The van der Waals surface area contributed by atoms with Crippen LogP contribution in [-0.2, 0) is 16.6 Å². The van der Waals surface area contributed by atoms with Crippen molar-refractivity contribution < 1.29 is 26.3 Å². The van der Waals surface area contributed by atoms with E-state index in [1.807, 2.05) is 0 Å². The number of guanidine groups is 1. The maximum atomic E-state index is 12.4. The molecule has 0 fully saturated rings. The number of halogens is 3. The first-order chi connectivity index (χ1) is 13.1. The van der Waals surface area contributed by atoms with Gasteiger partial charge < -0.3 is 15.8 Å². The van der Waals surface area contributed by atoms with Gasteiger partial charge in [0.25, 0.3) is 0 Å². The Morgan fingerprint density at radius 2 is 1.79 bits per heavy atom. The number of rotatable bonds is 7. The summed E-state index contributed by atoms with van der Waals surface area (Å²) in [6, 6.07) is 11.4. The van der Waals surface area contributed by atoms with Gasteiger partial charge in [-0.3, -0.25) is 0 Å². The average Bonchev–Trinajstić information content (AvgIpc) is 2.61. The van der Waals surface area contributed by atoms with Gasteiger partial charge in [0.1, 0.15) is 0 Å². The van der Waals surface area contributed by atoms with Crippen molar-refractivity contribution in [2.24, 2.45) is 10.7 Å². The number of para-hydroxylation sites is 2. The molecule has 0 aliphatic heterocycles. The van der Waals surface area contributed by atoms with E-state index in [4.69, 9.17) is 5.73 Å². The number of nitrogens with zero attached hydrogens (tertiary/aromatic N) is 1.